The Morgan fingerprint density at radius 2 is 2.24 bits per heavy atom. The number of hydrogen-bond acceptors (Lipinski definition) is 3. The molecule has 1 saturated heterocycles. The number of rotatable bonds is 2. The third-order valence-electron chi connectivity index (χ3n) is 2.58. The summed E-state index contributed by atoms with van der Waals surface area (Å²) >= 11 is 7.15. The Balaban J connectivity index is 2.27. The molecule has 0 bridgehead atoms. The van der Waals surface area contributed by atoms with Gasteiger partial charge in [-0.05, 0) is 30.4 Å². The summed E-state index contributed by atoms with van der Waals surface area (Å²) < 4.78 is 12.9. The van der Waals surface area contributed by atoms with Gasteiger partial charge in [0.05, 0.1) is 5.02 Å². The maximum Gasteiger partial charge on any atom is 0.184 e. The Morgan fingerprint density at radius 3 is 2.88 bits per heavy atom. The largest absolute Gasteiger partial charge is 0.298 e. The molecule has 1 fully saturated rings. The molecule has 0 saturated carbocycles. The molecule has 5 heteroatoms. The Bertz CT molecular complexity index is 476. The van der Waals surface area contributed by atoms with Crippen LogP contribution < -0.4 is 0 Å². The fraction of sp³-hybridized carbons (Fsp3) is 0.333. The molecular formula is C12H10ClFO2S. The second kappa shape index (κ2) is 5.19. The van der Waals surface area contributed by atoms with Crippen molar-refractivity contribution in [3.05, 3.63) is 34.6 Å². The number of carbonyl (C=O) groups excluding carboxylic acids is 2. The Kier molecular flexibility index (Phi) is 3.84. The van der Waals surface area contributed by atoms with Gasteiger partial charge in [-0.15, -0.1) is 11.8 Å². The Morgan fingerprint density at radius 1 is 1.47 bits per heavy atom. The molecule has 0 N–H and O–H groups in total. The number of thioether (sulfide) groups is 1. The first-order chi connectivity index (χ1) is 8.09. The molecule has 0 aliphatic carbocycles. The van der Waals surface area contributed by atoms with Gasteiger partial charge in [0.2, 0.25) is 0 Å². The summed E-state index contributed by atoms with van der Waals surface area (Å²) in [6.45, 7) is 0. The molecule has 1 aromatic rings. The van der Waals surface area contributed by atoms with Crippen LogP contribution in [-0.4, -0.2) is 22.6 Å². The molecule has 1 aliphatic heterocycles. The minimum absolute atomic E-state index is 0.0633. The van der Waals surface area contributed by atoms with Crippen LogP contribution in [0, 0.1) is 5.82 Å². The fourth-order valence-electron chi connectivity index (χ4n) is 1.72. The summed E-state index contributed by atoms with van der Waals surface area (Å²) in [5.41, 5.74) is 0.223. The van der Waals surface area contributed by atoms with Gasteiger partial charge in [0.1, 0.15) is 11.1 Å². The molecule has 0 aromatic heterocycles. The third-order valence-corrected chi connectivity index (χ3v) is 4.23. The summed E-state index contributed by atoms with van der Waals surface area (Å²) in [5, 5.41) is -0.610. The SMILES string of the molecule is O=C1CCCSC1C(=O)c1ccc(F)cc1Cl. The van der Waals surface area contributed by atoms with E-state index < -0.39 is 11.1 Å². The zero-order valence-electron chi connectivity index (χ0n) is 8.91. The summed E-state index contributed by atoms with van der Waals surface area (Å²) in [4.78, 5) is 23.7. The molecule has 1 heterocycles. The van der Waals surface area contributed by atoms with Crippen molar-refractivity contribution in [3.63, 3.8) is 0 Å². The lowest BCUT2D eigenvalue weighted by molar-refractivity contribution is -0.118. The van der Waals surface area contributed by atoms with Gasteiger partial charge in [0.15, 0.2) is 11.6 Å². The zero-order chi connectivity index (χ0) is 12.4. The predicted molar refractivity (Wildman–Crippen MR) is 66.2 cm³/mol. The highest BCUT2D eigenvalue weighted by molar-refractivity contribution is 8.01. The van der Waals surface area contributed by atoms with E-state index in [9.17, 15) is 14.0 Å². The number of carbonyl (C=O) groups is 2. The number of Topliss-reactive ketones (excluding diaryl/α,β-unsaturated/α-hetero) is 2. The van der Waals surface area contributed by atoms with Gasteiger partial charge < -0.3 is 0 Å². The molecule has 0 amide bonds. The van der Waals surface area contributed by atoms with E-state index in [2.05, 4.69) is 0 Å². The van der Waals surface area contributed by atoms with Crippen LogP contribution in [0.4, 0.5) is 4.39 Å². The molecule has 1 aromatic carbocycles. The highest BCUT2D eigenvalue weighted by Gasteiger charge is 2.31. The number of benzene rings is 1. The lowest BCUT2D eigenvalue weighted by Crippen LogP contribution is -2.30. The second-order valence-corrected chi connectivity index (χ2v) is 5.43. The molecule has 1 atom stereocenters. The summed E-state index contributed by atoms with van der Waals surface area (Å²) in [7, 11) is 0. The minimum atomic E-state index is -0.674. The van der Waals surface area contributed by atoms with Crippen LogP contribution in [0.3, 0.4) is 0 Å². The van der Waals surface area contributed by atoms with Gasteiger partial charge in [-0.3, -0.25) is 9.59 Å². The average Bonchev–Trinajstić information content (AvgIpc) is 2.29. The molecule has 2 nitrogen and oxygen atoms in total. The first kappa shape index (κ1) is 12.6. The van der Waals surface area contributed by atoms with E-state index in [0.29, 0.717) is 6.42 Å². The summed E-state index contributed by atoms with van der Waals surface area (Å²) in [5.74, 6) is -0.0773. The maximum absolute atomic E-state index is 12.9. The lowest BCUT2D eigenvalue weighted by Gasteiger charge is -2.19. The van der Waals surface area contributed by atoms with E-state index in [1.165, 1.54) is 23.9 Å². The molecule has 2 rings (SSSR count). The van der Waals surface area contributed by atoms with E-state index in [1.54, 1.807) is 0 Å². The highest BCUT2D eigenvalue weighted by Crippen LogP contribution is 2.28. The highest BCUT2D eigenvalue weighted by atomic mass is 35.5. The quantitative estimate of drug-likeness (QED) is 0.613. The first-order valence-electron chi connectivity index (χ1n) is 5.23. The Hall–Kier alpha value is -0.870. The number of halogens is 2. The van der Waals surface area contributed by atoms with Crippen molar-refractivity contribution in [3.8, 4) is 0 Å². The van der Waals surface area contributed by atoms with Crippen LogP contribution >= 0.6 is 23.4 Å². The fourth-order valence-corrected chi connectivity index (χ4v) is 3.11. The van der Waals surface area contributed by atoms with Crippen LogP contribution in [0.15, 0.2) is 18.2 Å². The van der Waals surface area contributed by atoms with E-state index >= 15 is 0 Å². The van der Waals surface area contributed by atoms with Crippen molar-refractivity contribution < 1.29 is 14.0 Å². The van der Waals surface area contributed by atoms with Gasteiger partial charge >= 0.3 is 0 Å². The van der Waals surface area contributed by atoms with Crippen LogP contribution in [0.25, 0.3) is 0 Å². The van der Waals surface area contributed by atoms with Crippen LogP contribution in [0.1, 0.15) is 23.2 Å². The molecule has 17 heavy (non-hydrogen) atoms. The van der Waals surface area contributed by atoms with Gasteiger partial charge in [-0.2, -0.15) is 0 Å². The molecule has 1 unspecified atom stereocenters. The van der Waals surface area contributed by atoms with E-state index in [0.717, 1.165) is 18.2 Å². The third kappa shape index (κ3) is 2.69. The molecule has 0 radical (unpaired) electrons. The van der Waals surface area contributed by atoms with Gasteiger partial charge in [-0.25, -0.2) is 4.39 Å². The van der Waals surface area contributed by atoms with E-state index in [4.69, 9.17) is 11.6 Å². The van der Waals surface area contributed by atoms with E-state index in [-0.39, 0.29) is 22.2 Å². The molecule has 90 valence electrons. The zero-order valence-corrected chi connectivity index (χ0v) is 10.5. The standard InChI is InChI=1S/C12H10ClFO2S/c13-9-6-7(14)3-4-8(9)11(16)12-10(15)2-1-5-17-12/h3-4,6,12H,1-2,5H2. The van der Waals surface area contributed by atoms with Crippen molar-refractivity contribution in [1.82, 2.24) is 0 Å². The van der Waals surface area contributed by atoms with Crippen molar-refractivity contribution in [2.75, 3.05) is 5.75 Å². The van der Waals surface area contributed by atoms with Crippen LogP contribution in [-0.2, 0) is 4.79 Å². The monoisotopic (exact) mass is 272 g/mol. The van der Waals surface area contributed by atoms with E-state index in [1.807, 2.05) is 0 Å². The molecular weight excluding hydrogens is 263 g/mol. The van der Waals surface area contributed by atoms with Crippen molar-refractivity contribution in [2.24, 2.45) is 0 Å². The molecule has 1 aliphatic rings. The Labute approximate surface area is 108 Å². The summed E-state index contributed by atoms with van der Waals surface area (Å²) in [6, 6.07) is 3.60. The lowest BCUT2D eigenvalue weighted by atomic mass is 10.0. The average molecular weight is 273 g/mol. The van der Waals surface area contributed by atoms with Crippen molar-refractivity contribution in [1.29, 1.82) is 0 Å². The number of hydrogen-bond donors (Lipinski definition) is 0. The molecule has 0 spiro atoms. The first-order valence-corrected chi connectivity index (χ1v) is 6.66. The normalized spacial score (nSPS) is 20.4. The topological polar surface area (TPSA) is 34.1 Å². The van der Waals surface area contributed by atoms with Gasteiger partial charge in [-0.1, -0.05) is 11.6 Å². The van der Waals surface area contributed by atoms with Crippen LogP contribution in [0.2, 0.25) is 5.02 Å². The maximum atomic E-state index is 12.9. The van der Waals surface area contributed by atoms with Crippen LogP contribution in [0.5, 0.6) is 0 Å². The smallest absolute Gasteiger partial charge is 0.184 e. The second-order valence-electron chi connectivity index (χ2n) is 3.81. The van der Waals surface area contributed by atoms with Gasteiger partial charge in [0, 0.05) is 12.0 Å². The van der Waals surface area contributed by atoms with Crippen molar-refractivity contribution >= 4 is 34.9 Å². The van der Waals surface area contributed by atoms with Gasteiger partial charge in [0.25, 0.3) is 0 Å². The summed E-state index contributed by atoms with van der Waals surface area (Å²) in [6.07, 6.45) is 1.24. The number of ketones is 2. The van der Waals surface area contributed by atoms with Crippen molar-refractivity contribution in [2.45, 2.75) is 18.1 Å². The minimum Gasteiger partial charge on any atom is -0.298 e. The predicted octanol–water partition coefficient (Wildman–Crippen LogP) is 3.13.